The van der Waals surface area contributed by atoms with E-state index in [1.54, 1.807) is 6.07 Å². The molecule has 12 rings (SSSR count). The summed E-state index contributed by atoms with van der Waals surface area (Å²) in [7, 11) is 0. The van der Waals surface area contributed by atoms with E-state index in [0.29, 0.717) is 40.0 Å². The van der Waals surface area contributed by atoms with Crippen molar-refractivity contribution in [2.45, 2.75) is 15.2 Å². The Morgan fingerprint density at radius 2 is 1.08 bits per heavy atom. The number of benzene rings is 8. The Labute approximate surface area is 355 Å². The summed E-state index contributed by atoms with van der Waals surface area (Å²) in [4.78, 5) is 21.3. The molecule has 0 saturated heterocycles. The molecule has 282 valence electrons. The summed E-state index contributed by atoms with van der Waals surface area (Å²) < 4.78 is 2.16. The Kier molecular flexibility index (Phi) is 7.71. The number of para-hydroxylation sites is 1. The highest BCUT2D eigenvalue weighted by molar-refractivity contribution is 7.99. The lowest BCUT2D eigenvalue weighted by molar-refractivity contribution is 0.723. The molecule has 0 atom stereocenters. The monoisotopic (exact) mass is 794 g/mol. The zero-order valence-corrected chi connectivity index (χ0v) is 33.2. The van der Waals surface area contributed by atoms with Crippen LogP contribution < -0.4 is 0 Å². The molecule has 0 saturated carbocycles. The van der Waals surface area contributed by atoms with Crippen LogP contribution in [0.1, 0.15) is 27.8 Å². The quantitative estimate of drug-likeness (QED) is 0.166. The van der Waals surface area contributed by atoms with E-state index in [-0.39, 0.29) is 0 Å². The average molecular weight is 795 g/mol. The van der Waals surface area contributed by atoms with Gasteiger partial charge < -0.3 is 4.57 Å². The van der Waals surface area contributed by atoms with Gasteiger partial charge in [0.1, 0.15) is 6.07 Å². The van der Waals surface area contributed by atoms with Crippen LogP contribution in [-0.2, 0) is 5.41 Å². The molecule has 0 amide bonds. The molecule has 0 bridgehead atoms. The number of hydrogen-bond acceptors (Lipinski definition) is 5. The molecule has 1 aliphatic carbocycles. The average Bonchev–Trinajstić information content (AvgIpc) is 3.80. The first-order valence-corrected chi connectivity index (χ1v) is 20.8. The maximum atomic E-state index is 11.0. The van der Waals surface area contributed by atoms with Crippen LogP contribution in [0.25, 0.3) is 77.6 Å². The summed E-state index contributed by atoms with van der Waals surface area (Å²) >= 11 is 1.83. The number of rotatable bonds is 4. The predicted molar refractivity (Wildman–Crippen MR) is 243 cm³/mol. The molecule has 61 heavy (non-hydrogen) atoms. The second-order valence-corrected chi connectivity index (χ2v) is 16.4. The van der Waals surface area contributed by atoms with E-state index >= 15 is 0 Å². The normalized spacial score (nSPS) is 13.0. The molecule has 8 aromatic carbocycles. The molecule has 0 N–H and O–H groups in total. The lowest BCUT2D eigenvalue weighted by Crippen LogP contribution is -2.31. The van der Waals surface area contributed by atoms with Crippen LogP contribution in [0.2, 0.25) is 0 Å². The van der Waals surface area contributed by atoms with Crippen molar-refractivity contribution in [1.82, 2.24) is 19.5 Å². The molecule has 2 aromatic heterocycles. The largest absolute Gasteiger partial charge is 0.309 e. The van der Waals surface area contributed by atoms with E-state index in [1.165, 1.54) is 37.6 Å². The van der Waals surface area contributed by atoms with E-state index in [4.69, 9.17) is 21.5 Å². The fourth-order valence-electron chi connectivity index (χ4n) is 9.63. The van der Waals surface area contributed by atoms with Gasteiger partial charge in [-0.3, -0.25) is 0 Å². The zero-order valence-electron chi connectivity index (χ0n) is 32.4. The molecule has 2 aliphatic rings. The summed E-state index contributed by atoms with van der Waals surface area (Å²) in [6.45, 7) is 8.52. The van der Waals surface area contributed by atoms with Gasteiger partial charge in [0.2, 0.25) is 0 Å². The number of hydrogen-bond donors (Lipinski definition) is 0. The predicted octanol–water partition coefficient (Wildman–Crippen LogP) is 13.2. The smallest absolute Gasteiger partial charge is 0.200 e. The van der Waals surface area contributed by atoms with Gasteiger partial charge in [0, 0.05) is 37.3 Å². The summed E-state index contributed by atoms with van der Waals surface area (Å²) in [5, 5.41) is 13.1. The van der Waals surface area contributed by atoms with Gasteiger partial charge in [-0.05, 0) is 75.8 Å². The molecule has 1 spiro atoms. The Morgan fingerprint density at radius 1 is 0.508 bits per heavy atom. The van der Waals surface area contributed by atoms with Crippen LogP contribution in [0.15, 0.2) is 192 Å². The number of nitrogens with zero attached hydrogens (tertiary/aromatic N) is 6. The van der Waals surface area contributed by atoms with Crippen LogP contribution in [0.3, 0.4) is 0 Å². The second-order valence-electron chi connectivity index (χ2n) is 15.3. The van der Waals surface area contributed by atoms with Crippen molar-refractivity contribution in [1.29, 1.82) is 5.26 Å². The minimum atomic E-state index is -0.528. The Bertz CT molecular complexity index is 3440. The molecule has 3 heterocycles. The van der Waals surface area contributed by atoms with Crippen molar-refractivity contribution in [3.05, 3.63) is 221 Å². The molecule has 6 nitrogen and oxygen atoms in total. The van der Waals surface area contributed by atoms with Crippen molar-refractivity contribution in [2.75, 3.05) is 0 Å². The van der Waals surface area contributed by atoms with E-state index in [9.17, 15) is 5.26 Å². The van der Waals surface area contributed by atoms with Gasteiger partial charge in [-0.15, -0.1) is 0 Å². The van der Waals surface area contributed by atoms with Crippen LogP contribution in [0.5, 0.6) is 0 Å². The van der Waals surface area contributed by atoms with Crippen molar-refractivity contribution in [3.8, 4) is 57.0 Å². The third-order valence-corrected chi connectivity index (χ3v) is 13.3. The van der Waals surface area contributed by atoms with Crippen LogP contribution in [0, 0.1) is 17.9 Å². The van der Waals surface area contributed by atoms with Gasteiger partial charge in [-0.1, -0.05) is 151 Å². The van der Waals surface area contributed by atoms with E-state index in [2.05, 4.69) is 119 Å². The SMILES string of the molecule is [C-]#[N+]c1cc(-n2c3ccccc3c3cc4c(cc32)-c2ccccc2C42c3ccccc3Sc3ccccc32)c(C#N)cc1-c1nc(-c2ccccc2)nc(-c2ccccc2)n1. The van der Waals surface area contributed by atoms with Crippen molar-refractivity contribution in [2.24, 2.45) is 0 Å². The van der Waals surface area contributed by atoms with E-state index < -0.39 is 5.41 Å². The van der Waals surface area contributed by atoms with Crippen LogP contribution in [-0.4, -0.2) is 19.5 Å². The van der Waals surface area contributed by atoms with Gasteiger partial charge in [0.15, 0.2) is 23.2 Å². The first-order valence-electron chi connectivity index (χ1n) is 20.0. The van der Waals surface area contributed by atoms with Gasteiger partial charge in [0.05, 0.1) is 34.3 Å². The lowest BCUT2D eigenvalue weighted by Gasteiger charge is -2.39. The maximum Gasteiger partial charge on any atom is 0.200 e. The van der Waals surface area contributed by atoms with E-state index in [0.717, 1.165) is 38.5 Å². The summed E-state index contributed by atoms with van der Waals surface area (Å²) in [5.74, 6) is 1.30. The van der Waals surface area contributed by atoms with Crippen molar-refractivity contribution in [3.63, 3.8) is 0 Å². The molecule has 0 unspecified atom stereocenters. The summed E-state index contributed by atoms with van der Waals surface area (Å²) in [5.41, 5.74) is 12.2. The highest BCUT2D eigenvalue weighted by Gasteiger charge is 2.50. The van der Waals surface area contributed by atoms with Crippen LogP contribution in [0.4, 0.5) is 5.69 Å². The molecule has 0 fully saturated rings. The van der Waals surface area contributed by atoms with Gasteiger partial charge in [-0.25, -0.2) is 19.8 Å². The fourth-order valence-corrected chi connectivity index (χ4v) is 10.8. The molecule has 7 heteroatoms. The highest BCUT2D eigenvalue weighted by Crippen LogP contribution is 2.63. The molecule has 10 aromatic rings. The number of nitriles is 1. The third kappa shape index (κ3) is 5.05. The molecular weight excluding hydrogens is 765 g/mol. The molecule has 0 radical (unpaired) electrons. The molecular formula is C54H30N6S. The third-order valence-electron chi connectivity index (χ3n) is 12.2. The van der Waals surface area contributed by atoms with Gasteiger partial charge >= 0.3 is 0 Å². The summed E-state index contributed by atoms with van der Waals surface area (Å²) in [6, 6.07) is 65.1. The fraction of sp³-hybridized carbons (Fsp3) is 0.0185. The van der Waals surface area contributed by atoms with Gasteiger partial charge in [-0.2, -0.15) is 5.26 Å². The molecule has 1 aliphatic heterocycles. The van der Waals surface area contributed by atoms with E-state index in [1.807, 2.05) is 84.6 Å². The maximum absolute atomic E-state index is 11.0. The Balaban J connectivity index is 1.12. The topological polar surface area (TPSA) is 71.8 Å². The van der Waals surface area contributed by atoms with Crippen molar-refractivity contribution >= 4 is 39.3 Å². The highest BCUT2D eigenvalue weighted by atomic mass is 32.2. The van der Waals surface area contributed by atoms with Crippen molar-refractivity contribution < 1.29 is 0 Å². The number of aromatic nitrogens is 4. The Hall–Kier alpha value is -8.10. The minimum Gasteiger partial charge on any atom is -0.309 e. The zero-order chi connectivity index (χ0) is 40.7. The summed E-state index contributed by atoms with van der Waals surface area (Å²) in [6.07, 6.45) is 0. The first kappa shape index (κ1) is 34.9. The Morgan fingerprint density at radius 3 is 1.74 bits per heavy atom. The van der Waals surface area contributed by atoms with Gasteiger partial charge in [0.25, 0.3) is 0 Å². The standard InChI is InChI=1S/C54H30N6S/c1-56-45-31-47(35(32-55)28-40(45)53-58-51(33-16-4-2-5-17-33)57-52(59-53)34-18-6-3-7-19-34)60-46-25-13-9-21-37(46)39-29-44-38(30-48(39)60)36-20-8-10-22-41(36)54(44)42-23-11-14-26-49(42)61-50-27-15-12-24-43(50)54/h2-31H. The second kappa shape index (κ2) is 13.5. The minimum absolute atomic E-state index is 0.329. The van der Waals surface area contributed by atoms with Crippen LogP contribution >= 0.6 is 11.8 Å². The number of fused-ring (bicyclic) bond motifs is 12. The first-order chi connectivity index (χ1) is 30.1. The lowest BCUT2D eigenvalue weighted by atomic mass is 9.67.